The minimum Gasteiger partial charge on any atom is -0.337 e. The molecule has 1 atom stereocenters. The van der Waals surface area contributed by atoms with Crippen molar-refractivity contribution in [1.82, 2.24) is 0 Å². The molecule has 0 aliphatic carbocycles. The third-order valence-electron chi connectivity index (χ3n) is 3.23. The van der Waals surface area contributed by atoms with Crippen molar-refractivity contribution in [3.05, 3.63) is 60.7 Å². The summed E-state index contributed by atoms with van der Waals surface area (Å²) in [6.07, 6.45) is 1.47. The molecule has 2 aromatic rings. The van der Waals surface area contributed by atoms with Crippen LogP contribution in [0.5, 0.6) is 0 Å². The van der Waals surface area contributed by atoms with E-state index in [1.165, 1.54) is 0 Å². The van der Waals surface area contributed by atoms with Crippen molar-refractivity contribution in [2.45, 2.75) is 25.8 Å². The van der Waals surface area contributed by atoms with Gasteiger partial charge in [0, 0.05) is 17.4 Å². The van der Waals surface area contributed by atoms with E-state index in [0.29, 0.717) is 6.42 Å². The van der Waals surface area contributed by atoms with Crippen LogP contribution >= 0.6 is 0 Å². The average molecular weight is 250 g/mol. The lowest BCUT2D eigenvalue weighted by atomic mass is 10.1. The van der Waals surface area contributed by atoms with Gasteiger partial charge in [-0.1, -0.05) is 43.3 Å². The van der Waals surface area contributed by atoms with Gasteiger partial charge in [0.25, 0.3) is 0 Å². The lowest BCUT2D eigenvalue weighted by molar-refractivity contribution is 0.643. The number of anilines is 2. The summed E-state index contributed by atoms with van der Waals surface area (Å²) in [7, 11) is 0. The second-order valence-electron chi connectivity index (χ2n) is 4.47. The van der Waals surface area contributed by atoms with Crippen LogP contribution in [0.2, 0.25) is 0 Å². The fraction of sp³-hybridized carbons (Fsp3) is 0.235. The molecular formula is C17H18N2. The molecule has 0 saturated carbocycles. The smallest absolute Gasteiger partial charge is 0.0643 e. The van der Waals surface area contributed by atoms with Gasteiger partial charge in [0.1, 0.15) is 0 Å². The van der Waals surface area contributed by atoms with Crippen LogP contribution in [0.25, 0.3) is 0 Å². The molecule has 19 heavy (non-hydrogen) atoms. The molecular weight excluding hydrogens is 232 g/mol. The summed E-state index contributed by atoms with van der Waals surface area (Å²) in [6.45, 7) is 2.13. The normalized spacial score (nSPS) is 11.6. The van der Waals surface area contributed by atoms with Gasteiger partial charge in [-0.25, -0.2) is 0 Å². The lowest BCUT2D eigenvalue weighted by Crippen LogP contribution is -2.30. The molecule has 1 unspecified atom stereocenters. The molecule has 96 valence electrons. The topological polar surface area (TPSA) is 27.0 Å². The van der Waals surface area contributed by atoms with Crippen LogP contribution in [0.4, 0.5) is 11.4 Å². The van der Waals surface area contributed by atoms with E-state index in [-0.39, 0.29) is 6.04 Å². The summed E-state index contributed by atoms with van der Waals surface area (Å²) in [5.74, 6) is 0. The number of nitriles is 1. The second kappa shape index (κ2) is 6.61. The maximum atomic E-state index is 9.03. The second-order valence-corrected chi connectivity index (χ2v) is 4.47. The van der Waals surface area contributed by atoms with Gasteiger partial charge in [-0.3, -0.25) is 0 Å². The summed E-state index contributed by atoms with van der Waals surface area (Å²) in [6, 6.07) is 23.0. The molecule has 0 heterocycles. The molecule has 0 saturated heterocycles. The number of hydrogen-bond acceptors (Lipinski definition) is 2. The number of nitrogens with zero attached hydrogens (tertiary/aromatic N) is 2. The summed E-state index contributed by atoms with van der Waals surface area (Å²) >= 11 is 0. The number of para-hydroxylation sites is 2. The van der Waals surface area contributed by atoms with Gasteiger partial charge in [0.15, 0.2) is 0 Å². The molecule has 2 heteroatoms. The first-order valence-electron chi connectivity index (χ1n) is 6.63. The highest BCUT2D eigenvalue weighted by Gasteiger charge is 2.18. The van der Waals surface area contributed by atoms with Gasteiger partial charge in [-0.2, -0.15) is 5.26 Å². The quantitative estimate of drug-likeness (QED) is 0.780. The third-order valence-corrected chi connectivity index (χ3v) is 3.23. The SMILES string of the molecule is CCC(CC#N)N(c1ccccc1)c1ccccc1. The maximum absolute atomic E-state index is 9.03. The van der Waals surface area contributed by atoms with Crippen molar-refractivity contribution in [3.8, 4) is 6.07 Å². The van der Waals surface area contributed by atoms with Crippen LogP contribution in [0, 0.1) is 11.3 Å². The summed E-state index contributed by atoms with van der Waals surface area (Å²) in [4.78, 5) is 2.25. The van der Waals surface area contributed by atoms with E-state index in [2.05, 4.69) is 42.2 Å². The first-order valence-corrected chi connectivity index (χ1v) is 6.63. The highest BCUT2D eigenvalue weighted by molar-refractivity contribution is 5.64. The number of rotatable bonds is 5. The fourth-order valence-electron chi connectivity index (χ4n) is 2.27. The van der Waals surface area contributed by atoms with E-state index in [1.807, 2.05) is 36.4 Å². The monoisotopic (exact) mass is 250 g/mol. The van der Waals surface area contributed by atoms with Gasteiger partial charge in [0.2, 0.25) is 0 Å². The van der Waals surface area contributed by atoms with Crippen LogP contribution in [0.3, 0.4) is 0 Å². The van der Waals surface area contributed by atoms with Crippen molar-refractivity contribution in [2.75, 3.05) is 4.90 Å². The van der Waals surface area contributed by atoms with Crippen molar-refractivity contribution in [3.63, 3.8) is 0 Å². The Morgan fingerprint density at radius 2 is 1.42 bits per heavy atom. The van der Waals surface area contributed by atoms with E-state index in [4.69, 9.17) is 5.26 Å². The number of hydrogen-bond donors (Lipinski definition) is 0. The number of benzene rings is 2. The van der Waals surface area contributed by atoms with Gasteiger partial charge < -0.3 is 4.90 Å². The van der Waals surface area contributed by atoms with Gasteiger partial charge in [-0.05, 0) is 30.7 Å². The molecule has 0 bridgehead atoms. The van der Waals surface area contributed by atoms with Crippen molar-refractivity contribution < 1.29 is 0 Å². The average Bonchev–Trinajstić information content (AvgIpc) is 2.49. The van der Waals surface area contributed by atoms with Crippen LogP contribution in [0.1, 0.15) is 19.8 Å². The minimum atomic E-state index is 0.204. The maximum Gasteiger partial charge on any atom is 0.0643 e. The molecule has 0 radical (unpaired) electrons. The molecule has 0 aliphatic heterocycles. The Morgan fingerprint density at radius 1 is 0.947 bits per heavy atom. The van der Waals surface area contributed by atoms with E-state index in [9.17, 15) is 0 Å². The molecule has 2 nitrogen and oxygen atoms in total. The largest absolute Gasteiger partial charge is 0.337 e. The van der Waals surface area contributed by atoms with E-state index >= 15 is 0 Å². The Hall–Kier alpha value is -2.27. The summed E-state index contributed by atoms with van der Waals surface area (Å²) < 4.78 is 0. The molecule has 0 aromatic heterocycles. The summed E-state index contributed by atoms with van der Waals surface area (Å²) in [5, 5.41) is 9.03. The Labute approximate surface area is 114 Å². The van der Waals surface area contributed by atoms with Gasteiger partial charge in [-0.15, -0.1) is 0 Å². The highest BCUT2D eigenvalue weighted by atomic mass is 15.2. The third kappa shape index (κ3) is 3.14. The molecule has 0 N–H and O–H groups in total. The molecule has 0 spiro atoms. The molecule has 0 amide bonds. The highest BCUT2D eigenvalue weighted by Crippen LogP contribution is 2.29. The summed E-state index contributed by atoms with van der Waals surface area (Å²) in [5.41, 5.74) is 2.27. The van der Waals surface area contributed by atoms with Crippen molar-refractivity contribution in [2.24, 2.45) is 0 Å². The van der Waals surface area contributed by atoms with Gasteiger partial charge in [0.05, 0.1) is 12.5 Å². The Morgan fingerprint density at radius 3 is 1.79 bits per heavy atom. The van der Waals surface area contributed by atoms with Crippen molar-refractivity contribution in [1.29, 1.82) is 5.26 Å². The Bertz CT molecular complexity index is 489. The molecule has 0 aliphatic rings. The fourth-order valence-corrected chi connectivity index (χ4v) is 2.27. The minimum absolute atomic E-state index is 0.204. The zero-order valence-corrected chi connectivity index (χ0v) is 11.2. The van der Waals surface area contributed by atoms with Gasteiger partial charge >= 0.3 is 0 Å². The standard InChI is InChI=1S/C17H18N2/c1-2-15(13-14-18)19(16-9-5-3-6-10-16)17-11-7-4-8-12-17/h3-12,15H,2,13H2,1H3. The Balaban J connectivity index is 2.42. The zero-order valence-electron chi connectivity index (χ0n) is 11.2. The van der Waals surface area contributed by atoms with E-state index < -0.39 is 0 Å². The first-order chi connectivity index (χ1) is 9.36. The zero-order chi connectivity index (χ0) is 13.5. The molecule has 2 rings (SSSR count). The molecule has 2 aromatic carbocycles. The van der Waals surface area contributed by atoms with Crippen LogP contribution in [-0.4, -0.2) is 6.04 Å². The predicted octanol–water partition coefficient (Wildman–Crippen LogP) is 4.52. The van der Waals surface area contributed by atoms with Crippen molar-refractivity contribution >= 4 is 11.4 Å². The lowest BCUT2D eigenvalue weighted by Gasteiger charge is -2.32. The van der Waals surface area contributed by atoms with Crippen LogP contribution < -0.4 is 4.90 Å². The predicted molar refractivity (Wildman–Crippen MR) is 79.3 cm³/mol. The Kier molecular flexibility index (Phi) is 4.58. The molecule has 0 fully saturated rings. The van der Waals surface area contributed by atoms with E-state index in [0.717, 1.165) is 17.8 Å². The van der Waals surface area contributed by atoms with Crippen LogP contribution in [-0.2, 0) is 0 Å². The van der Waals surface area contributed by atoms with Crippen LogP contribution in [0.15, 0.2) is 60.7 Å². The van der Waals surface area contributed by atoms with E-state index in [1.54, 1.807) is 0 Å². The first kappa shape index (κ1) is 13.2.